The Bertz CT molecular complexity index is 2000. The lowest BCUT2D eigenvalue weighted by atomic mass is 9.89. The fraction of sp³-hybridized carbons (Fsp3) is 0.0541. The molecule has 0 fully saturated rings. The number of hydrogen-bond acceptors (Lipinski definition) is 4. The lowest BCUT2D eigenvalue weighted by molar-refractivity contribution is 0.394. The monoisotopic (exact) mass is 533 g/mol. The third kappa shape index (κ3) is 4.50. The Labute approximate surface area is 238 Å². The first-order valence-corrected chi connectivity index (χ1v) is 13.5. The topological polar surface area (TPSA) is 44.5 Å². The molecule has 0 saturated heterocycles. The SMILES string of the molecule is COc1cc(OC)cc(-c2ccccc2-c2cnc(-c3ccccc3)cc2-c2ccc3c(c2)oc2ccccc23)c1. The number of ether oxygens (including phenoxy) is 2. The molecular formula is C37H27NO3. The first-order chi connectivity index (χ1) is 20.2. The number of hydrogen-bond donors (Lipinski definition) is 0. The summed E-state index contributed by atoms with van der Waals surface area (Å²) in [5.41, 5.74) is 10.0. The average Bonchev–Trinajstić information content (AvgIpc) is 3.42. The van der Waals surface area contributed by atoms with Gasteiger partial charge in [0.25, 0.3) is 0 Å². The third-order valence-corrected chi connectivity index (χ3v) is 7.54. The Hall–Kier alpha value is -5.35. The summed E-state index contributed by atoms with van der Waals surface area (Å²) in [4.78, 5) is 4.94. The second-order valence-corrected chi connectivity index (χ2v) is 9.94. The normalized spacial score (nSPS) is 11.2. The molecule has 0 N–H and O–H groups in total. The predicted molar refractivity (Wildman–Crippen MR) is 166 cm³/mol. The van der Waals surface area contributed by atoms with Crippen LogP contribution in [-0.4, -0.2) is 19.2 Å². The van der Waals surface area contributed by atoms with Crippen molar-refractivity contribution in [1.29, 1.82) is 0 Å². The van der Waals surface area contributed by atoms with Crippen LogP contribution in [0.4, 0.5) is 0 Å². The molecule has 0 spiro atoms. The van der Waals surface area contributed by atoms with Gasteiger partial charge in [0.2, 0.25) is 0 Å². The number of fused-ring (bicyclic) bond motifs is 3. The van der Waals surface area contributed by atoms with Crippen LogP contribution in [-0.2, 0) is 0 Å². The molecule has 0 atom stereocenters. The fourth-order valence-corrected chi connectivity index (χ4v) is 5.50. The van der Waals surface area contributed by atoms with Gasteiger partial charge >= 0.3 is 0 Å². The largest absolute Gasteiger partial charge is 0.497 e. The van der Waals surface area contributed by atoms with E-state index in [1.807, 2.05) is 60.8 Å². The van der Waals surface area contributed by atoms with E-state index in [9.17, 15) is 0 Å². The summed E-state index contributed by atoms with van der Waals surface area (Å²) in [6, 6.07) is 41.4. The molecule has 7 aromatic rings. The van der Waals surface area contributed by atoms with Crippen molar-refractivity contribution in [2.75, 3.05) is 14.2 Å². The highest BCUT2D eigenvalue weighted by atomic mass is 16.5. The van der Waals surface area contributed by atoms with Gasteiger partial charge in [0.15, 0.2) is 0 Å². The average molecular weight is 534 g/mol. The number of methoxy groups -OCH3 is 2. The first kappa shape index (κ1) is 24.7. The predicted octanol–water partition coefficient (Wildman–Crippen LogP) is 9.67. The lowest BCUT2D eigenvalue weighted by Gasteiger charge is -2.17. The zero-order valence-electron chi connectivity index (χ0n) is 22.8. The van der Waals surface area contributed by atoms with Crippen molar-refractivity contribution in [2.45, 2.75) is 0 Å². The molecular weight excluding hydrogens is 506 g/mol. The van der Waals surface area contributed by atoms with Gasteiger partial charge < -0.3 is 13.9 Å². The molecule has 0 aliphatic carbocycles. The van der Waals surface area contributed by atoms with Crippen LogP contribution in [0.5, 0.6) is 11.5 Å². The van der Waals surface area contributed by atoms with E-state index in [0.717, 1.165) is 78.1 Å². The molecule has 2 heterocycles. The summed E-state index contributed by atoms with van der Waals surface area (Å²) < 4.78 is 17.4. The van der Waals surface area contributed by atoms with Crippen molar-refractivity contribution in [3.8, 4) is 56.1 Å². The molecule has 0 bridgehead atoms. The minimum atomic E-state index is 0.738. The zero-order chi connectivity index (χ0) is 27.8. The molecule has 4 nitrogen and oxygen atoms in total. The van der Waals surface area contributed by atoms with Crippen LogP contribution in [0, 0.1) is 0 Å². The van der Waals surface area contributed by atoms with Gasteiger partial charge in [-0.15, -0.1) is 0 Å². The highest BCUT2D eigenvalue weighted by Gasteiger charge is 2.17. The molecule has 0 unspecified atom stereocenters. The van der Waals surface area contributed by atoms with E-state index in [0.29, 0.717) is 0 Å². The van der Waals surface area contributed by atoms with Crippen molar-refractivity contribution in [2.24, 2.45) is 0 Å². The van der Waals surface area contributed by atoms with Gasteiger partial charge in [0.1, 0.15) is 22.7 Å². The Morgan fingerprint density at radius 2 is 1.17 bits per heavy atom. The lowest BCUT2D eigenvalue weighted by Crippen LogP contribution is -1.94. The minimum Gasteiger partial charge on any atom is -0.497 e. The molecule has 0 saturated carbocycles. The van der Waals surface area contributed by atoms with Crippen molar-refractivity contribution in [1.82, 2.24) is 4.98 Å². The van der Waals surface area contributed by atoms with E-state index >= 15 is 0 Å². The Balaban J connectivity index is 1.46. The summed E-state index contributed by atoms with van der Waals surface area (Å²) in [6.45, 7) is 0. The van der Waals surface area contributed by atoms with E-state index in [-0.39, 0.29) is 0 Å². The number of furan rings is 1. The van der Waals surface area contributed by atoms with Gasteiger partial charge in [0, 0.05) is 34.2 Å². The first-order valence-electron chi connectivity index (χ1n) is 13.5. The van der Waals surface area contributed by atoms with Crippen LogP contribution in [0.15, 0.2) is 132 Å². The molecule has 0 aliphatic heterocycles. The maximum atomic E-state index is 6.28. The highest BCUT2D eigenvalue weighted by molar-refractivity contribution is 6.06. The van der Waals surface area contributed by atoms with Crippen LogP contribution >= 0.6 is 0 Å². The van der Waals surface area contributed by atoms with Gasteiger partial charge in [-0.3, -0.25) is 4.98 Å². The summed E-state index contributed by atoms with van der Waals surface area (Å²) in [5, 5.41) is 2.22. The molecule has 0 radical (unpaired) electrons. The van der Waals surface area contributed by atoms with Crippen molar-refractivity contribution in [3.05, 3.63) is 128 Å². The maximum Gasteiger partial charge on any atom is 0.136 e. The van der Waals surface area contributed by atoms with Crippen LogP contribution in [0.25, 0.3) is 66.6 Å². The van der Waals surface area contributed by atoms with Crippen LogP contribution in [0.1, 0.15) is 0 Å². The fourth-order valence-electron chi connectivity index (χ4n) is 5.50. The Kier molecular flexibility index (Phi) is 6.21. The van der Waals surface area contributed by atoms with Gasteiger partial charge in [-0.05, 0) is 64.2 Å². The molecule has 0 amide bonds. The number of nitrogens with zero attached hydrogens (tertiary/aromatic N) is 1. The van der Waals surface area contributed by atoms with Gasteiger partial charge in [-0.25, -0.2) is 0 Å². The maximum absolute atomic E-state index is 6.28. The summed E-state index contributed by atoms with van der Waals surface area (Å²) in [5.74, 6) is 1.48. The third-order valence-electron chi connectivity index (χ3n) is 7.54. The van der Waals surface area contributed by atoms with Gasteiger partial charge in [-0.2, -0.15) is 0 Å². The molecule has 2 aromatic heterocycles. The Morgan fingerprint density at radius 3 is 1.95 bits per heavy atom. The van der Waals surface area contributed by atoms with Crippen LogP contribution in [0.2, 0.25) is 0 Å². The van der Waals surface area contributed by atoms with E-state index < -0.39 is 0 Å². The minimum absolute atomic E-state index is 0.738. The number of rotatable bonds is 6. The van der Waals surface area contributed by atoms with Crippen LogP contribution in [0.3, 0.4) is 0 Å². The van der Waals surface area contributed by atoms with E-state index in [1.54, 1.807) is 14.2 Å². The molecule has 7 rings (SSSR count). The number of aromatic nitrogens is 1. The summed E-state index contributed by atoms with van der Waals surface area (Å²) in [7, 11) is 3.34. The van der Waals surface area contributed by atoms with Crippen molar-refractivity contribution < 1.29 is 13.9 Å². The molecule has 4 heteroatoms. The summed E-state index contributed by atoms with van der Waals surface area (Å²) in [6.07, 6.45) is 1.98. The van der Waals surface area contributed by atoms with Crippen LogP contribution < -0.4 is 9.47 Å². The second-order valence-electron chi connectivity index (χ2n) is 9.94. The van der Waals surface area contributed by atoms with Crippen molar-refractivity contribution in [3.63, 3.8) is 0 Å². The highest BCUT2D eigenvalue weighted by Crippen LogP contribution is 2.42. The van der Waals surface area contributed by atoms with Crippen molar-refractivity contribution >= 4 is 21.9 Å². The van der Waals surface area contributed by atoms with Gasteiger partial charge in [0.05, 0.1) is 19.9 Å². The molecule has 0 aliphatic rings. The zero-order valence-corrected chi connectivity index (χ0v) is 22.8. The quantitative estimate of drug-likeness (QED) is 0.213. The number of para-hydroxylation sites is 1. The van der Waals surface area contributed by atoms with E-state index in [1.165, 1.54) is 0 Å². The van der Waals surface area contributed by atoms with Gasteiger partial charge in [-0.1, -0.05) is 78.9 Å². The second kappa shape index (κ2) is 10.3. The molecule has 41 heavy (non-hydrogen) atoms. The Morgan fingerprint density at radius 1 is 0.488 bits per heavy atom. The molecule has 5 aromatic carbocycles. The van der Waals surface area contributed by atoms with E-state index in [2.05, 4.69) is 66.7 Å². The van der Waals surface area contributed by atoms with E-state index in [4.69, 9.17) is 18.9 Å². The standard InChI is InChI=1S/C37H27NO3/c1-39-27-18-26(19-28(21-27)40-2)29-12-6-7-13-30(29)34-23-38-35(24-10-4-3-5-11-24)22-33(34)25-16-17-32-31-14-8-9-15-36(31)41-37(32)20-25/h3-23H,1-2H3. The number of pyridine rings is 1. The number of benzene rings is 5. The summed E-state index contributed by atoms with van der Waals surface area (Å²) >= 11 is 0. The molecule has 198 valence electrons. The smallest absolute Gasteiger partial charge is 0.136 e.